The molecule has 0 atom stereocenters. The van der Waals surface area contributed by atoms with Crippen LogP contribution in [0.3, 0.4) is 0 Å². The number of nitrogens with zero attached hydrogens (tertiary/aromatic N) is 3. The molecule has 1 aromatic heterocycles. The van der Waals surface area contributed by atoms with Crippen molar-refractivity contribution in [1.82, 2.24) is 14.7 Å². The first-order valence-electron chi connectivity index (χ1n) is 8.58. The smallest absolute Gasteiger partial charge is 0.0644 e. The fourth-order valence-electron chi connectivity index (χ4n) is 3.62. The molecule has 0 unspecified atom stereocenters. The molecule has 2 heterocycles. The Bertz CT molecular complexity index is 642. The highest BCUT2D eigenvalue weighted by molar-refractivity contribution is 5.30. The summed E-state index contributed by atoms with van der Waals surface area (Å²) >= 11 is 0. The van der Waals surface area contributed by atoms with Gasteiger partial charge < -0.3 is 5.11 Å². The molecule has 0 amide bonds. The highest BCUT2D eigenvalue weighted by atomic mass is 16.3. The van der Waals surface area contributed by atoms with Gasteiger partial charge in [0.15, 0.2) is 0 Å². The van der Waals surface area contributed by atoms with Gasteiger partial charge in [0.05, 0.1) is 13.2 Å². The Morgan fingerprint density at radius 3 is 2.65 bits per heavy atom. The second-order valence-corrected chi connectivity index (χ2v) is 6.68. The van der Waals surface area contributed by atoms with Crippen LogP contribution in [0.4, 0.5) is 0 Å². The maximum absolute atomic E-state index is 9.14. The lowest BCUT2D eigenvalue weighted by molar-refractivity contribution is 0.198. The van der Waals surface area contributed by atoms with Gasteiger partial charge in [-0.1, -0.05) is 23.8 Å². The molecule has 4 nitrogen and oxygen atoms in total. The number of aryl methyl sites for hydroxylation is 2. The van der Waals surface area contributed by atoms with Crippen molar-refractivity contribution in [2.24, 2.45) is 0 Å². The molecular formula is C19H27N3O. The normalized spacial score (nSPS) is 16.8. The highest BCUT2D eigenvalue weighted by Gasteiger charge is 2.23. The molecule has 0 saturated carbocycles. The molecule has 1 aliphatic rings. The van der Waals surface area contributed by atoms with Gasteiger partial charge in [0, 0.05) is 24.4 Å². The van der Waals surface area contributed by atoms with Gasteiger partial charge >= 0.3 is 0 Å². The van der Waals surface area contributed by atoms with Gasteiger partial charge in [0.1, 0.15) is 0 Å². The zero-order chi connectivity index (χ0) is 16.2. The molecule has 4 heteroatoms. The molecule has 0 spiro atoms. The lowest BCUT2D eigenvalue weighted by Crippen LogP contribution is -2.33. The van der Waals surface area contributed by atoms with Crippen LogP contribution in [0.25, 0.3) is 0 Å². The molecule has 0 aliphatic carbocycles. The second kappa shape index (κ2) is 7.28. The van der Waals surface area contributed by atoms with Gasteiger partial charge in [-0.15, -0.1) is 0 Å². The Morgan fingerprint density at radius 1 is 1.17 bits per heavy atom. The summed E-state index contributed by atoms with van der Waals surface area (Å²) < 4.78 is 1.96. The number of benzene rings is 1. The first-order valence-corrected chi connectivity index (χ1v) is 8.58. The summed E-state index contributed by atoms with van der Waals surface area (Å²) in [6.45, 7) is 8.42. The van der Waals surface area contributed by atoms with Crippen molar-refractivity contribution >= 4 is 0 Å². The van der Waals surface area contributed by atoms with E-state index in [4.69, 9.17) is 5.11 Å². The monoisotopic (exact) mass is 313 g/mol. The third-order valence-corrected chi connectivity index (χ3v) is 4.96. The highest BCUT2D eigenvalue weighted by Crippen LogP contribution is 2.28. The number of aromatic nitrogens is 2. The summed E-state index contributed by atoms with van der Waals surface area (Å²) in [4.78, 5) is 2.56. The molecule has 0 bridgehead atoms. The molecule has 3 rings (SSSR count). The molecular weight excluding hydrogens is 286 g/mol. The largest absolute Gasteiger partial charge is 0.394 e. The van der Waals surface area contributed by atoms with Crippen molar-refractivity contribution in [3.8, 4) is 0 Å². The molecule has 2 aromatic rings. The number of piperidine rings is 1. The summed E-state index contributed by atoms with van der Waals surface area (Å²) in [5, 5.41) is 13.5. The zero-order valence-corrected chi connectivity index (χ0v) is 14.2. The van der Waals surface area contributed by atoms with Gasteiger partial charge in [-0.2, -0.15) is 5.10 Å². The van der Waals surface area contributed by atoms with Crippen LogP contribution in [-0.2, 0) is 13.1 Å². The van der Waals surface area contributed by atoms with Crippen molar-refractivity contribution < 1.29 is 5.11 Å². The summed E-state index contributed by atoms with van der Waals surface area (Å²) in [5.74, 6) is 0.569. The van der Waals surface area contributed by atoms with Crippen LogP contribution in [0, 0.1) is 13.8 Å². The topological polar surface area (TPSA) is 41.3 Å². The number of hydrogen-bond acceptors (Lipinski definition) is 3. The van der Waals surface area contributed by atoms with E-state index < -0.39 is 0 Å². The van der Waals surface area contributed by atoms with E-state index in [1.165, 1.54) is 35.2 Å². The van der Waals surface area contributed by atoms with Crippen molar-refractivity contribution in [3.63, 3.8) is 0 Å². The standard InChI is InChI=1S/C19H27N3O/c1-15-3-4-18(16(2)13-15)14-21-9-6-17(7-10-21)19-5-8-20-22(19)11-12-23/h3-5,8,13,17,23H,6-7,9-12,14H2,1-2H3. The minimum atomic E-state index is 0.153. The Hall–Kier alpha value is -1.65. The minimum Gasteiger partial charge on any atom is -0.394 e. The number of hydrogen-bond donors (Lipinski definition) is 1. The molecule has 1 N–H and O–H groups in total. The SMILES string of the molecule is Cc1ccc(CN2CCC(c3ccnn3CCO)CC2)c(C)c1. The maximum atomic E-state index is 9.14. The van der Waals surface area contributed by atoms with E-state index in [1.807, 2.05) is 10.9 Å². The molecule has 1 aromatic carbocycles. The lowest BCUT2D eigenvalue weighted by atomic mass is 9.93. The maximum Gasteiger partial charge on any atom is 0.0644 e. The van der Waals surface area contributed by atoms with E-state index in [2.05, 4.69) is 48.1 Å². The summed E-state index contributed by atoms with van der Waals surface area (Å²) in [5.41, 5.74) is 5.46. The van der Waals surface area contributed by atoms with Crippen LogP contribution in [-0.4, -0.2) is 39.5 Å². The Labute approximate surface area is 138 Å². The van der Waals surface area contributed by atoms with Crippen molar-refractivity contribution in [2.75, 3.05) is 19.7 Å². The van der Waals surface area contributed by atoms with Crippen molar-refractivity contribution in [3.05, 3.63) is 52.8 Å². The molecule has 124 valence electrons. The van der Waals surface area contributed by atoms with Gasteiger partial charge in [0.25, 0.3) is 0 Å². The van der Waals surface area contributed by atoms with Crippen LogP contribution in [0.5, 0.6) is 0 Å². The quantitative estimate of drug-likeness (QED) is 0.923. The zero-order valence-electron chi connectivity index (χ0n) is 14.2. The fraction of sp³-hybridized carbons (Fsp3) is 0.526. The lowest BCUT2D eigenvalue weighted by Gasteiger charge is -2.32. The molecule has 0 radical (unpaired) electrons. The van der Waals surface area contributed by atoms with Gasteiger partial charge in [-0.05, 0) is 57.0 Å². The number of rotatable bonds is 5. The number of aliphatic hydroxyl groups is 1. The third-order valence-electron chi connectivity index (χ3n) is 4.96. The average Bonchev–Trinajstić information content (AvgIpc) is 2.99. The number of aliphatic hydroxyl groups excluding tert-OH is 1. The molecule has 23 heavy (non-hydrogen) atoms. The van der Waals surface area contributed by atoms with Crippen LogP contribution in [0.15, 0.2) is 30.5 Å². The third kappa shape index (κ3) is 3.82. The Balaban J connectivity index is 1.59. The molecule has 1 aliphatic heterocycles. The van der Waals surface area contributed by atoms with Gasteiger partial charge in [-0.3, -0.25) is 9.58 Å². The summed E-state index contributed by atoms with van der Waals surface area (Å²) in [7, 11) is 0. The average molecular weight is 313 g/mol. The number of likely N-dealkylation sites (tertiary alicyclic amines) is 1. The van der Waals surface area contributed by atoms with Crippen molar-refractivity contribution in [1.29, 1.82) is 0 Å². The van der Waals surface area contributed by atoms with E-state index >= 15 is 0 Å². The van der Waals surface area contributed by atoms with Crippen LogP contribution >= 0.6 is 0 Å². The van der Waals surface area contributed by atoms with Crippen molar-refractivity contribution in [2.45, 2.75) is 45.7 Å². The van der Waals surface area contributed by atoms with Gasteiger partial charge in [-0.25, -0.2) is 0 Å². The summed E-state index contributed by atoms with van der Waals surface area (Å²) in [6.07, 6.45) is 4.19. The van der Waals surface area contributed by atoms with Crippen LogP contribution in [0.2, 0.25) is 0 Å². The second-order valence-electron chi connectivity index (χ2n) is 6.68. The van der Waals surface area contributed by atoms with E-state index in [-0.39, 0.29) is 6.61 Å². The molecule has 1 saturated heterocycles. The fourth-order valence-corrected chi connectivity index (χ4v) is 3.62. The predicted molar refractivity (Wildman–Crippen MR) is 92.5 cm³/mol. The minimum absolute atomic E-state index is 0.153. The van der Waals surface area contributed by atoms with Crippen LogP contribution in [0.1, 0.15) is 41.1 Å². The van der Waals surface area contributed by atoms with E-state index in [0.717, 1.165) is 19.6 Å². The summed E-state index contributed by atoms with van der Waals surface area (Å²) in [6, 6.07) is 8.87. The first kappa shape index (κ1) is 16.2. The van der Waals surface area contributed by atoms with E-state index in [9.17, 15) is 0 Å². The Kier molecular flexibility index (Phi) is 5.13. The Morgan fingerprint density at radius 2 is 1.96 bits per heavy atom. The van der Waals surface area contributed by atoms with Gasteiger partial charge in [0.2, 0.25) is 0 Å². The predicted octanol–water partition coefficient (Wildman–Crippen LogP) is 2.87. The van der Waals surface area contributed by atoms with E-state index in [1.54, 1.807) is 0 Å². The van der Waals surface area contributed by atoms with Crippen LogP contribution < -0.4 is 0 Å². The van der Waals surface area contributed by atoms with E-state index in [0.29, 0.717) is 12.5 Å². The first-order chi connectivity index (χ1) is 11.2. The molecule has 1 fully saturated rings.